The quantitative estimate of drug-likeness (QED) is 0.798. The van der Waals surface area contributed by atoms with Crippen LogP contribution in [0.3, 0.4) is 0 Å². The summed E-state index contributed by atoms with van der Waals surface area (Å²) in [5.41, 5.74) is 2.38. The van der Waals surface area contributed by atoms with E-state index in [1.165, 1.54) is 0 Å². The van der Waals surface area contributed by atoms with Crippen LogP contribution in [-0.2, 0) is 0 Å². The lowest BCUT2D eigenvalue weighted by Gasteiger charge is -2.38. The van der Waals surface area contributed by atoms with Crippen molar-refractivity contribution in [2.24, 2.45) is 5.92 Å². The fourth-order valence-electron chi connectivity index (χ4n) is 2.85. The number of hydrogen-bond donors (Lipinski definition) is 1. The monoisotopic (exact) mass is 278 g/mol. The van der Waals surface area contributed by atoms with E-state index in [-0.39, 0.29) is 12.1 Å². The predicted molar refractivity (Wildman–Crippen MR) is 76.4 cm³/mol. The highest BCUT2D eigenvalue weighted by Crippen LogP contribution is 2.30. The number of allylic oxidation sites excluding steroid dienone is 6. The molecule has 0 bridgehead atoms. The number of nitrogens with zero attached hydrogens (tertiary/aromatic N) is 3. The van der Waals surface area contributed by atoms with Gasteiger partial charge in [-0.2, -0.15) is 10.5 Å². The summed E-state index contributed by atoms with van der Waals surface area (Å²) >= 11 is 0. The van der Waals surface area contributed by atoms with Crippen molar-refractivity contribution in [3.63, 3.8) is 0 Å². The summed E-state index contributed by atoms with van der Waals surface area (Å²) in [6.07, 6.45) is 10.6. The van der Waals surface area contributed by atoms with E-state index in [0.717, 1.165) is 12.0 Å². The average molecular weight is 278 g/mol. The Kier molecular flexibility index (Phi) is 3.33. The third kappa shape index (κ3) is 2.34. The highest BCUT2D eigenvalue weighted by Gasteiger charge is 2.34. The van der Waals surface area contributed by atoms with Crippen LogP contribution in [0, 0.1) is 28.6 Å². The lowest BCUT2D eigenvalue weighted by molar-refractivity contribution is 0.198. The van der Waals surface area contributed by atoms with Gasteiger partial charge in [0.1, 0.15) is 0 Å². The van der Waals surface area contributed by atoms with Gasteiger partial charge in [0.05, 0.1) is 30.6 Å². The second-order valence-corrected chi connectivity index (χ2v) is 5.27. The molecule has 1 saturated heterocycles. The van der Waals surface area contributed by atoms with Crippen molar-refractivity contribution in [1.29, 1.82) is 10.5 Å². The smallest absolute Gasteiger partial charge is 0.322 e. The molecule has 1 unspecified atom stereocenters. The van der Waals surface area contributed by atoms with Crippen molar-refractivity contribution in [2.75, 3.05) is 6.54 Å². The van der Waals surface area contributed by atoms with Gasteiger partial charge in [0.25, 0.3) is 0 Å². The van der Waals surface area contributed by atoms with Gasteiger partial charge in [-0.15, -0.1) is 0 Å². The number of nitriles is 2. The Morgan fingerprint density at radius 1 is 1.29 bits per heavy atom. The zero-order valence-corrected chi connectivity index (χ0v) is 11.4. The minimum Gasteiger partial charge on any atom is -0.331 e. The molecule has 1 heterocycles. The van der Waals surface area contributed by atoms with Crippen LogP contribution in [0.2, 0.25) is 0 Å². The van der Waals surface area contributed by atoms with Crippen LogP contribution in [-0.4, -0.2) is 23.5 Å². The number of rotatable bonds is 1. The molecule has 104 valence electrons. The number of hydrogen-bond acceptors (Lipinski definition) is 3. The van der Waals surface area contributed by atoms with E-state index in [4.69, 9.17) is 5.26 Å². The predicted octanol–water partition coefficient (Wildman–Crippen LogP) is 2.14. The van der Waals surface area contributed by atoms with Crippen molar-refractivity contribution < 1.29 is 4.79 Å². The summed E-state index contributed by atoms with van der Waals surface area (Å²) in [6, 6.07) is 4.16. The highest BCUT2D eigenvalue weighted by molar-refractivity contribution is 5.79. The molecule has 1 fully saturated rings. The fourth-order valence-corrected chi connectivity index (χ4v) is 2.85. The zero-order valence-electron chi connectivity index (χ0n) is 11.4. The molecular weight excluding hydrogens is 264 g/mol. The standard InChI is InChI=1S/C16H14N4O/c17-8-11-5-6-15(13(7-11)9-18)20-10-12-3-1-2-4-14(12)19-16(20)21/h1-3,5-6,13-14H,4,7,10H2,(H,19,21)/t13?,14-/m1/s1. The maximum absolute atomic E-state index is 12.3. The van der Waals surface area contributed by atoms with Gasteiger partial charge in [0.2, 0.25) is 0 Å². The van der Waals surface area contributed by atoms with Gasteiger partial charge in [-0.05, 0) is 24.1 Å². The minimum atomic E-state index is -0.452. The summed E-state index contributed by atoms with van der Waals surface area (Å²) in [5, 5.41) is 21.2. The summed E-state index contributed by atoms with van der Waals surface area (Å²) in [4.78, 5) is 13.9. The van der Waals surface area contributed by atoms with E-state index in [1.54, 1.807) is 17.1 Å². The van der Waals surface area contributed by atoms with Crippen molar-refractivity contribution in [3.8, 4) is 12.1 Å². The van der Waals surface area contributed by atoms with Gasteiger partial charge < -0.3 is 5.32 Å². The summed E-state index contributed by atoms with van der Waals surface area (Å²) in [6.45, 7) is 0.501. The van der Waals surface area contributed by atoms with Gasteiger partial charge in [0.15, 0.2) is 0 Å². The van der Waals surface area contributed by atoms with E-state index in [1.807, 2.05) is 18.2 Å². The number of carbonyl (C=O) groups is 1. The van der Waals surface area contributed by atoms with E-state index in [2.05, 4.69) is 17.5 Å². The van der Waals surface area contributed by atoms with E-state index in [9.17, 15) is 10.1 Å². The Morgan fingerprint density at radius 2 is 2.14 bits per heavy atom. The van der Waals surface area contributed by atoms with E-state index < -0.39 is 5.92 Å². The van der Waals surface area contributed by atoms with Gasteiger partial charge in [0, 0.05) is 17.7 Å². The van der Waals surface area contributed by atoms with Gasteiger partial charge >= 0.3 is 6.03 Å². The molecule has 0 aromatic carbocycles. The molecule has 2 amide bonds. The molecule has 1 N–H and O–H groups in total. The molecule has 1 aliphatic heterocycles. The molecule has 2 atom stereocenters. The Morgan fingerprint density at radius 3 is 2.90 bits per heavy atom. The van der Waals surface area contributed by atoms with Crippen LogP contribution in [0.1, 0.15) is 12.8 Å². The maximum Gasteiger partial charge on any atom is 0.322 e. The molecular formula is C16H14N4O. The van der Waals surface area contributed by atoms with Crippen LogP contribution in [0.5, 0.6) is 0 Å². The molecule has 5 nitrogen and oxygen atoms in total. The van der Waals surface area contributed by atoms with E-state index >= 15 is 0 Å². The van der Waals surface area contributed by atoms with Gasteiger partial charge in [-0.25, -0.2) is 4.79 Å². The molecule has 0 aromatic heterocycles. The Bertz CT molecular complexity index is 684. The molecule has 3 aliphatic rings. The third-order valence-electron chi connectivity index (χ3n) is 4.00. The van der Waals surface area contributed by atoms with E-state index in [0.29, 0.717) is 24.2 Å². The van der Waals surface area contributed by atoms with Crippen molar-refractivity contribution in [1.82, 2.24) is 10.2 Å². The second-order valence-electron chi connectivity index (χ2n) is 5.27. The molecule has 2 aliphatic carbocycles. The Hall–Kier alpha value is -2.79. The van der Waals surface area contributed by atoms with Gasteiger partial charge in [-0.1, -0.05) is 18.2 Å². The summed E-state index contributed by atoms with van der Waals surface area (Å²) < 4.78 is 0. The first kappa shape index (κ1) is 13.2. The van der Waals surface area contributed by atoms with Crippen molar-refractivity contribution in [2.45, 2.75) is 18.9 Å². The number of urea groups is 1. The Balaban J connectivity index is 1.90. The molecule has 0 saturated carbocycles. The molecule has 5 heteroatoms. The molecule has 21 heavy (non-hydrogen) atoms. The summed E-state index contributed by atoms with van der Waals surface area (Å²) in [7, 11) is 0. The first-order chi connectivity index (χ1) is 10.2. The third-order valence-corrected chi connectivity index (χ3v) is 4.00. The molecule has 3 rings (SSSR count). The number of nitrogens with one attached hydrogen (secondary N) is 1. The maximum atomic E-state index is 12.3. The lowest BCUT2D eigenvalue weighted by Crippen LogP contribution is -2.53. The zero-order chi connectivity index (χ0) is 14.8. The molecule has 0 radical (unpaired) electrons. The first-order valence-corrected chi connectivity index (χ1v) is 6.87. The van der Waals surface area contributed by atoms with Gasteiger partial charge in [-0.3, -0.25) is 4.90 Å². The Labute approximate surface area is 123 Å². The average Bonchev–Trinajstić information content (AvgIpc) is 2.53. The van der Waals surface area contributed by atoms with Crippen LogP contribution >= 0.6 is 0 Å². The van der Waals surface area contributed by atoms with Crippen LogP contribution in [0.4, 0.5) is 4.79 Å². The lowest BCUT2D eigenvalue weighted by atomic mass is 9.90. The number of amides is 2. The normalized spacial score (nSPS) is 27.4. The first-order valence-electron chi connectivity index (χ1n) is 6.87. The topological polar surface area (TPSA) is 79.9 Å². The SMILES string of the molecule is N#CC1=CC=C(N2CC3=CC=CC[C@H]3NC2=O)C(C#N)C1. The van der Waals surface area contributed by atoms with Crippen LogP contribution in [0.15, 0.2) is 47.2 Å². The molecule has 0 aromatic rings. The largest absolute Gasteiger partial charge is 0.331 e. The number of carbonyl (C=O) groups excluding carboxylic acids is 1. The number of fused-ring (bicyclic) bond motifs is 1. The van der Waals surface area contributed by atoms with Crippen LogP contribution < -0.4 is 5.32 Å². The highest BCUT2D eigenvalue weighted by atomic mass is 16.2. The molecule has 0 spiro atoms. The minimum absolute atomic E-state index is 0.0636. The second kappa shape index (κ2) is 5.30. The van der Waals surface area contributed by atoms with Crippen molar-refractivity contribution >= 4 is 6.03 Å². The van der Waals surface area contributed by atoms with Crippen molar-refractivity contribution in [3.05, 3.63) is 47.2 Å². The van der Waals surface area contributed by atoms with Crippen LogP contribution in [0.25, 0.3) is 0 Å². The summed E-state index contributed by atoms with van der Waals surface area (Å²) in [5.74, 6) is -0.452. The fraction of sp³-hybridized carbons (Fsp3) is 0.312.